The number of rotatable bonds is 4. The van der Waals surface area contributed by atoms with Gasteiger partial charge in [-0.3, -0.25) is 4.79 Å². The zero-order chi connectivity index (χ0) is 18.0. The van der Waals surface area contributed by atoms with Crippen LogP contribution in [0.2, 0.25) is 0 Å². The molecule has 0 aliphatic heterocycles. The fourth-order valence-corrected chi connectivity index (χ4v) is 3.46. The first kappa shape index (κ1) is 17.9. The smallest absolute Gasteiger partial charge is 0.272 e. The van der Waals surface area contributed by atoms with Gasteiger partial charge in [-0.2, -0.15) is 0 Å². The van der Waals surface area contributed by atoms with Gasteiger partial charge in [0.1, 0.15) is 5.69 Å². The summed E-state index contributed by atoms with van der Waals surface area (Å²) < 4.78 is 1.12. The van der Waals surface area contributed by atoms with E-state index in [-0.39, 0.29) is 11.9 Å². The number of pyridine rings is 1. The van der Waals surface area contributed by atoms with E-state index in [1.807, 2.05) is 43.4 Å². The van der Waals surface area contributed by atoms with Crippen molar-refractivity contribution in [3.05, 3.63) is 63.9 Å². The molecule has 1 unspecified atom stereocenters. The van der Waals surface area contributed by atoms with Gasteiger partial charge in [-0.15, -0.1) is 0 Å². The fourth-order valence-electron chi connectivity index (χ4n) is 2.82. The van der Waals surface area contributed by atoms with Crippen molar-refractivity contribution < 1.29 is 4.79 Å². The van der Waals surface area contributed by atoms with Gasteiger partial charge in [-0.05, 0) is 53.5 Å². The van der Waals surface area contributed by atoms with Gasteiger partial charge in [0.15, 0.2) is 0 Å². The van der Waals surface area contributed by atoms with E-state index < -0.39 is 0 Å². The van der Waals surface area contributed by atoms with Gasteiger partial charge in [0.05, 0.1) is 5.69 Å². The van der Waals surface area contributed by atoms with Crippen molar-refractivity contribution >= 4 is 39.3 Å². The van der Waals surface area contributed by atoms with E-state index in [9.17, 15) is 4.79 Å². The second-order valence-electron chi connectivity index (χ2n) is 6.23. The monoisotopic (exact) mass is 440 g/mol. The molecule has 25 heavy (non-hydrogen) atoms. The molecule has 0 bridgehead atoms. The first-order chi connectivity index (χ1) is 12.0. The minimum atomic E-state index is -0.0349. The summed E-state index contributed by atoms with van der Waals surface area (Å²) in [5.74, 6) is -0.0349. The van der Waals surface area contributed by atoms with Crippen molar-refractivity contribution in [2.24, 2.45) is 0 Å². The van der Waals surface area contributed by atoms with E-state index in [1.54, 1.807) is 4.90 Å². The fraction of sp³-hybridized carbons (Fsp3) is 0.238. The number of fused-ring (bicyclic) bond motifs is 1. The molecule has 0 aliphatic rings. The molecule has 0 spiro atoms. The molecule has 0 aliphatic carbocycles. The van der Waals surface area contributed by atoms with Crippen molar-refractivity contribution in [2.45, 2.75) is 26.3 Å². The third-order valence-corrected chi connectivity index (χ3v) is 5.60. The molecule has 0 radical (unpaired) electrons. The molecule has 1 amide bonds. The predicted molar refractivity (Wildman–Crippen MR) is 112 cm³/mol. The summed E-state index contributed by atoms with van der Waals surface area (Å²) in [5, 5.41) is 2.10. The maximum atomic E-state index is 12.9. The van der Waals surface area contributed by atoms with Crippen LogP contribution in [0.3, 0.4) is 0 Å². The first-order valence-corrected chi connectivity index (χ1v) is 9.52. The number of hydrogen-bond donors (Lipinski definition) is 0. The van der Waals surface area contributed by atoms with Gasteiger partial charge in [0, 0.05) is 27.6 Å². The molecule has 128 valence electrons. The third-order valence-electron chi connectivity index (χ3n) is 4.66. The number of halogens is 1. The summed E-state index contributed by atoms with van der Waals surface area (Å²) >= 11 is 2.32. The Morgan fingerprint density at radius 2 is 1.84 bits per heavy atom. The molecule has 3 rings (SSSR count). The SMILES string of the molecule is CCC(C)N(C)C(=O)c1cc2ccccc2c(-c2ccccc2[123I])n1. The predicted octanol–water partition coefficient (Wildman–Crippen LogP) is 5.38. The highest BCUT2D eigenvalue weighted by Gasteiger charge is 2.20. The van der Waals surface area contributed by atoms with E-state index in [0.29, 0.717) is 5.69 Å². The first-order valence-electron chi connectivity index (χ1n) is 8.44. The molecule has 0 N–H and O–H groups in total. The minimum absolute atomic E-state index is 0.0349. The second kappa shape index (κ2) is 7.52. The van der Waals surface area contributed by atoms with Gasteiger partial charge in [-0.1, -0.05) is 49.4 Å². The summed E-state index contributed by atoms with van der Waals surface area (Å²) in [6, 6.07) is 18.3. The Labute approximate surface area is 162 Å². The molecule has 1 aromatic heterocycles. The average Bonchev–Trinajstić information content (AvgIpc) is 2.65. The largest absolute Gasteiger partial charge is 0.338 e. The summed E-state index contributed by atoms with van der Waals surface area (Å²) in [5.41, 5.74) is 2.42. The molecule has 0 fully saturated rings. The summed E-state index contributed by atoms with van der Waals surface area (Å²) in [6.07, 6.45) is 0.916. The number of hydrogen-bond acceptors (Lipinski definition) is 2. The Hall–Kier alpha value is -1.95. The Morgan fingerprint density at radius 3 is 2.56 bits per heavy atom. The van der Waals surface area contributed by atoms with Crippen LogP contribution >= 0.6 is 22.6 Å². The van der Waals surface area contributed by atoms with E-state index >= 15 is 0 Å². The molecule has 0 saturated heterocycles. The average molecular weight is 440 g/mol. The normalized spacial score (nSPS) is 12.2. The van der Waals surface area contributed by atoms with Crippen molar-refractivity contribution in [1.82, 2.24) is 9.88 Å². The summed E-state index contributed by atoms with van der Waals surface area (Å²) in [7, 11) is 1.85. The quantitative estimate of drug-likeness (QED) is 0.511. The summed E-state index contributed by atoms with van der Waals surface area (Å²) in [6.45, 7) is 4.14. The number of amides is 1. The van der Waals surface area contributed by atoms with Crippen molar-refractivity contribution in [1.29, 1.82) is 0 Å². The van der Waals surface area contributed by atoms with Crippen LogP contribution in [0.5, 0.6) is 0 Å². The van der Waals surface area contributed by atoms with E-state index in [1.165, 1.54) is 0 Å². The van der Waals surface area contributed by atoms with E-state index in [2.05, 4.69) is 54.6 Å². The standard InChI is InChI=1S/C21H21IN2O/c1-4-14(2)24(3)21(25)19-13-15-9-5-6-10-16(15)20(23-19)17-11-7-8-12-18(17)22/h5-14H,4H2,1-3H3/i22-4. The topological polar surface area (TPSA) is 33.2 Å². The number of nitrogens with zero attached hydrogens (tertiary/aromatic N) is 2. The lowest BCUT2D eigenvalue weighted by Gasteiger charge is -2.24. The lowest BCUT2D eigenvalue weighted by molar-refractivity contribution is 0.0735. The maximum absolute atomic E-state index is 12.9. The summed E-state index contributed by atoms with van der Waals surface area (Å²) in [4.78, 5) is 19.5. The molecule has 1 atom stereocenters. The van der Waals surface area contributed by atoms with Gasteiger partial charge >= 0.3 is 0 Å². The molecule has 0 saturated carbocycles. The maximum Gasteiger partial charge on any atom is 0.272 e. The minimum Gasteiger partial charge on any atom is -0.338 e. The Bertz CT molecular complexity index is 923. The lowest BCUT2D eigenvalue weighted by atomic mass is 10.0. The Balaban J connectivity index is 2.20. The highest BCUT2D eigenvalue weighted by atomic mass is 123. The number of carbonyl (C=O) groups is 1. The zero-order valence-corrected chi connectivity index (χ0v) is 16.8. The van der Waals surface area contributed by atoms with Crippen LogP contribution in [0, 0.1) is 3.57 Å². The molecular formula is C21H21IN2O. The number of benzene rings is 2. The molecule has 3 aromatic rings. The third kappa shape index (κ3) is 3.54. The van der Waals surface area contributed by atoms with Crippen LogP contribution in [-0.4, -0.2) is 28.9 Å². The van der Waals surface area contributed by atoms with Crippen molar-refractivity contribution in [2.75, 3.05) is 7.05 Å². The highest BCUT2D eigenvalue weighted by Crippen LogP contribution is 2.31. The van der Waals surface area contributed by atoms with E-state index in [0.717, 1.165) is 32.0 Å². The van der Waals surface area contributed by atoms with Crippen molar-refractivity contribution in [3.63, 3.8) is 0 Å². The second-order valence-corrected chi connectivity index (χ2v) is 7.39. The van der Waals surface area contributed by atoms with Gasteiger partial charge in [-0.25, -0.2) is 4.98 Å². The number of aromatic nitrogens is 1. The van der Waals surface area contributed by atoms with Crippen LogP contribution in [0.15, 0.2) is 54.6 Å². The zero-order valence-electron chi connectivity index (χ0n) is 14.7. The number of carbonyl (C=O) groups excluding carboxylic acids is 1. The Morgan fingerprint density at radius 1 is 1.16 bits per heavy atom. The molecule has 2 aromatic carbocycles. The van der Waals surface area contributed by atoms with Crippen LogP contribution in [0.1, 0.15) is 30.8 Å². The van der Waals surface area contributed by atoms with Gasteiger partial charge < -0.3 is 4.90 Å². The molecule has 3 nitrogen and oxygen atoms in total. The van der Waals surface area contributed by atoms with Crippen LogP contribution < -0.4 is 0 Å². The van der Waals surface area contributed by atoms with E-state index in [4.69, 9.17) is 4.98 Å². The molecular weight excluding hydrogens is 419 g/mol. The molecule has 1 heterocycles. The van der Waals surface area contributed by atoms with Gasteiger partial charge in [0.2, 0.25) is 0 Å². The van der Waals surface area contributed by atoms with Crippen LogP contribution in [0.4, 0.5) is 0 Å². The molecule has 4 heteroatoms. The van der Waals surface area contributed by atoms with Crippen LogP contribution in [-0.2, 0) is 0 Å². The van der Waals surface area contributed by atoms with Gasteiger partial charge in [0.25, 0.3) is 5.91 Å². The highest BCUT2D eigenvalue weighted by molar-refractivity contribution is 14.1. The van der Waals surface area contributed by atoms with Crippen LogP contribution in [0.25, 0.3) is 22.0 Å². The lowest BCUT2D eigenvalue weighted by Crippen LogP contribution is -2.35. The Kier molecular flexibility index (Phi) is 5.37. The van der Waals surface area contributed by atoms with Crippen molar-refractivity contribution in [3.8, 4) is 11.3 Å².